The number of carboxylic acid groups (broad SMARTS) is 1. The topological polar surface area (TPSA) is 99.1 Å². The minimum Gasteiger partial charge on any atom is -0.477 e. The molecule has 308 valence electrons. The summed E-state index contributed by atoms with van der Waals surface area (Å²) in [6.07, 6.45) is 50.4. The Morgan fingerprint density at radius 2 is 1.02 bits per heavy atom. The first-order valence-electron chi connectivity index (χ1n) is 20.4. The van der Waals surface area contributed by atoms with Crippen LogP contribution in [0.2, 0.25) is 0 Å². The Kier molecular flexibility index (Phi) is 34.2. The Balaban J connectivity index is 4.48. The van der Waals surface area contributed by atoms with Crippen LogP contribution < -0.4 is 0 Å². The second-order valence-electron chi connectivity index (χ2n) is 14.1. The van der Waals surface area contributed by atoms with Crippen molar-refractivity contribution >= 4 is 17.9 Å². The largest absolute Gasteiger partial charge is 0.477 e. The first-order chi connectivity index (χ1) is 26.6. The van der Waals surface area contributed by atoms with E-state index in [1.54, 1.807) is 6.08 Å². The highest BCUT2D eigenvalue weighted by molar-refractivity contribution is 5.72. The van der Waals surface area contributed by atoms with Crippen LogP contribution in [0.1, 0.15) is 117 Å². The second-order valence-corrected chi connectivity index (χ2v) is 14.1. The number of nitrogens with zero attached hydrogens (tertiary/aromatic N) is 1. The molecule has 0 bridgehead atoms. The summed E-state index contributed by atoms with van der Waals surface area (Å²) in [6, 6.07) is -0.638. The molecule has 0 aromatic rings. The summed E-state index contributed by atoms with van der Waals surface area (Å²) in [5.41, 5.74) is 0. The van der Waals surface area contributed by atoms with Gasteiger partial charge in [0.1, 0.15) is 6.61 Å². The van der Waals surface area contributed by atoms with Crippen molar-refractivity contribution < 1.29 is 38.2 Å². The summed E-state index contributed by atoms with van der Waals surface area (Å²) < 4.78 is 17.0. The second kappa shape index (κ2) is 36.9. The van der Waals surface area contributed by atoms with Gasteiger partial charge in [-0.3, -0.25) is 9.59 Å². The first-order valence-corrected chi connectivity index (χ1v) is 20.4. The van der Waals surface area contributed by atoms with Crippen LogP contribution in [0.5, 0.6) is 0 Å². The van der Waals surface area contributed by atoms with Crippen molar-refractivity contribution in [2.75, 3.05) is 41.0 Å². The van der Waals surface area contributed by atoms with E-state index in [4.69, 9.17) is 14.2 Å². The minimum absolute atomic E-state index is 0.0122. The van der Waals surface area contributed by atoms with Gasteiger partial charge in [0.2, 0.25) is 0 Å². The SMILES string of the molecule is CC/C=C/C/C=C/C/C=C/C/C=C/C/C=C/C/C=C/CCCCCC(=O)OC(COCCC(C(=O)O)[N+](C)(C)C)COC(=O)C/C=C/C/C=C/C/C=C/CC. The third kappa shape index (κ3) is 35.4. The molecule has 0 radical (unpaired) electrons. The molecule has 2 unspecified atom stereocenters. The van der Waals surface area contributed by atoms with Crippen LogP contribution in [0.3, 0.4) is 0 Å². The molecule has 0 aliphatic rings. The summed E-state index contributed by atoms with van der Waals surface area (Å²) in [7, 11) is 5.47. The van der Waals surface area contributed by atoms with Gasteiger partial charge in [-0.2, -0.15) is 0 Å². The third-order valence-corrected chi connectivity index (χ3v) is 8.20. The zero-order valence-corrected chi connectivity index (χ0v) is 34.8. The number of ether oxygens (including phenoxy) is 3. The molecule has 0 aromatic heterocycles. The maximum absolute atomic E-state index is 12.7. The number of carboxylic acids is 1. The molecule has 8 heteroatoms. The number of aliphatic carboxylic acids is 1. The van der Waals surface area contributed by atoms with E-state index in [0.29, 0.717) is 12.8 Å². The third-order valence-electron chi connectivity index (χ3n) is 8.20. The molecule has 0 aliphatic carbocycles. The van der Waals surface area contributed by atoms with Crippen molar-refractivity contribution in [1.29, 1.82) is 0 Å². The number of hydrogen-bond acceptors (Lipinski definition) is 6. The number of carbonyl (C=O) groups excluding carboxylic acids is 2. The van der Waals surface area contributed by atoms with Gasteiger partial charge in [-0.05, 0) is 77.0 Å². The lowest BCUT2D eigenvalue weighted by Crippen LogP contribution is -2.50. The van der Waals surface area contributed by atoms with Crippen LogP contribution in [0.25, 0.3) is 0 Å². The van der Waals surface area contributed by atoms with Gasteiger partial charge >= 0.3 is 17.9 Å². The van der Waals surface area contributed by atoms with Gasteiger partial charge < -0.3 is 23.8 Å². The molecule has 0 spiro atoms. The lowest BCUT2D eigenvalue weighted by molar-refractivity contribution is -0.887. The van der Waals surface area contributed by atoms with E-state index >= 15 is 0 Å². The van der Waals surface area contributed by atoms with Crippen LogP contribution >= 0.6 is 0 Å². The lowest BCUT2D eigenvalue weighted by atomic mass is 10.1. The fourth-order valence-electron chi connectivity index (χ4n) is 5.09. The van der Waals surface area contributed by atoms with Gasteiger partial charge in [-0.1, -0.05) is 130 Å². The fourth-order valence-corrected chi connectivity index (χ4v) is 5.09. The van der Waals surface area contributed by atoms with Crippen LogP contribution in [0, 0.1) is 0 Å². The van der Waals surface area contributed by atoms with E-state index in [-0.39, 0.29) is 43.1 Å². The smallest absolute Gasteiger partial charge is 0.362 e. The van der Waals surface area contributed by atoms with Crippen molar-refractivity contribution in [1.82, 2.24) is 0 Å². The summed E-state index contributed by atoms with van der Waals surface area (Å²) in [5.74, 6) is -1.68. The average Bonchev–Trinajstić information content (AvgIpc) is 3.14. The molecule has 0 saturated carbocycles. The molecule has 1 N–H and O–H groups in total. The maximum Gasteiger partial charge on any atom is 0.362 e. The lowest BCUT2D eigenvalue weighted by Gasteiger charge is -2.31. The molecule has 2 atom stereocenters. The van der Waals surface area contributed by atoms with Crippen molar-refractivity contribution in [3.63, 3.8) is 0 Å². The molecule has 0 heterocycles. The van der Waals surface area contributed by atoms with E-state index in [2.05, 4.69) is 105 Å². The first kappa shape index (κ1) is 51.0. The average molecular weight is 765 g/mol. The van der Waals surface area contributed by atoms with E-state index in [1.807, 2.05) is 33.3 Å². The molecule has 0 aromatic carbocycles. The van der Waals surface area contributed by atoms with E-state index in [1.165, 1.54) is 0 Å². The highest BCUT2D eigenvalue weighted by Crippen LogP contribution is 2.11. The quantitative estimate of drug-likeness (QED) is 0.0301. The zero-order chi connectivity index (χ0) is 40.7. The Morgan fingerprint density at radius 1 is 0.564 bits per heavy atom. The summed E-state index contributed by atoms with van der Waals surface area (Å²) in [6.45, 7) is 4.31. The van der Waals surface area contributed by atoms with Gasteiger partial charge in [-0.15, -0.1) is 0 Å². The molecule has 0 saturated heterocycles. The Bertz CT molecular complexity index is 1260. The van der Waals surface area contributed by atoms with E-state index in [0.717, 1.165) is 77.0 Å². The predicted octanol–water partition coefficient (Wildman–Crippen LogP) is 10.9. The number of hydrogen-bond donors (Lipinski definition) is 1. The summed E-state index contributed by atoms with van der Waals surface area (Å²) in [5, 5.41) is 9.59. The Morgan fingerprint density at radius 3 is 1.47 bits per heavy atom. The molecular weight excluding hydrogens is 691 g/mol. The van der Waals surface area contributed by atoms with Crippen molar-refractivity contribution in [3.05, 3.63) is 109 Å². The number of unbranched alkanes of at least 4 members (excludes halogenated alkanes) is 3. The van der Waals surface area contributed by atoms with Gasteiger partial charge in [0.15, 0.2) is 12.1 Å². The van der Waals surface area contributed by atoms with Gasteiger partial charge in [-0.25, -0.2) is 4.79 Å². The normalized spacial score (nSPS) is 14.1. The number of esters is 2. The zero-order valence-electron chi connectivity index (χ0n) is 34.8. The van der Waals surface area contributed by atoms with Gasteiger partial charge in [0.05, 0.1) is 40.8 Å². The van der Waals surface area contributed by atoms with Crippen molar-refractivity contribution in [3.8, 4) is 0 Å². The van der Waals surface area contributed by atoms with Gasteiger partial charge in [0.25, 0.3) is 0 Å². The maximum atomic E-state index is 12.7. The van der Waals surface area contributed by atoms with Crippen LogP contribution in [0.15, 0.2) is 109 Å². The molecule has 0 fully saturated rings. The Hall–Kier alpha value is -4.01. The highest BCUT2D eigenvalue weighted by Gasteiger charge is 2.31. The minimum atomic E-state index is -0.898. The standard InChI is InChI=1S/C47H73NO7/c1-6-8-10-12-14-16-17-18-19-20-21-22-23-24-25-26-27-28-30-32-34-36-38-46(50)55-43(41-53-40-39-44(47(51)52)48(3,4)5)42-54-45(49)37-35-33-31-29-15-13-11-9-7-2/h8-11,14-16,18-19,21-22,24-25,27-29,33,35,43-44H,6-7,12-13,17,20,23,26,30-32,34,36-42H2,1-5H3/p+1/b10-8+,11-9+,16-14+,19-18+,22-21+,25-24+,28-27+,29-15+,35-33+. The molecule has 0 rings (SSSR count). The molecular formula is C47H74NO7+. The predicted molar refractivity (Wildman–Crippen MR) is 229 cm³/mol. The summed E-state index contributed by atoms with van der Waals surface area (Å²) >= 11 is 0. The number of allylic oxidation sites excluding steroid dienone is 17. The van der Waals surface area contributed by atoms with E-state index in [9.17, 15) is 19.5 Å². The molecule has 8 nitrogen and oxygen atoms in total. The van der Waals surface area contributed by atoms with Gasteiger partial charge in [0, 0.05) is 12.8 Å². The number of likely N-dealkylation sites (N-methyl/N-ethyl adjacent to an activating group) is 1. The number of rotatable bonds is 34. The van der Waals surface area contributed by atoms with Crippen LogP contribution in [-0.2, 0) is 28.6 Å². The monoisotopic (exact) mass is 765 g/mol. The number of carbonyl (C=O) groups is 3. The van der Waals surface area contributed by atoms with Crippen LogP contribution in [-0.4, -0.2) is 80.6 Å². The fraction of sp³-hybridized carbons (Fsp3) is 0.553. The molecule has 0 aliphatic heterocycles. The van der Waals surface area contributed by atoms with E-state index < -0.39 is 24.1 Å². The van der Waals surface area contributed by atoms with Crippen LogP contribution in [0.4, 0.5) is 0 Å². The highest BCUT2D eigenvalue weighted by atomic mass is 16.6. The molecule has 55 heavy (non-hydrogen) atoms. The van der Waals surface area contributed by atoms with Crippen molar-refractivity contribution in [2.24, 2.45) is 0 Å². The van der Waals surface area contributed by atoms with Crippen molar-refractivity contribution in [2.45, 2.75) is 129 Å². The Labute approximate surface area is 334 Å². The summed E-state index contributed by atoms with van der Waals surface area (Å²) in [4.78, 5) is 36.7. The number of quaternary nitrogens is 1. The molecule has 0 amide bonds.